The Bertz CT molecular complexity index is 1170. The molecule has 0 aliphatic carbocycles. The van der Waals surface area contributed by atoms with Crippen molar-refractivity contribution in [2.45, 2.75) is 25.7 Å². The van der Waals surface area contributed by atoms with Crippen molar-refractivity contribution < 1.29 is 13.2 Å². The predicted octanol–water partition coefficient (Wildman–Crippen LogP) is 5.43. The lowest BCUT2D eigenvalue weighted by Gasteiger charge is -2.13. The van der Waals surface area contributed by atoms with Gasteiger partial charge in [-0.3, -0.25) is 9.52 Å². The van der Waals surface area contributed by atoms with Crippen molar-refractivity contribution in [3.8, 4) is 0 Å². The van der Waals surface area contributed by atoms with Gasteiger partial charge in [0.1, 0.15) is 0 Å². The van der Waals surface area contributed by atoms with Crippen molar-refractivity contribution in [2.75, 3.05) is 10.0 Å². The van der Waals surface area contributed by atoms with Crippen molar-refractivity contribution in [2.24, 2.45) is 0 Å². The fraction of sp³-hybridized carbons (Fsp3) is 0.136. The van der Waals surface area contributed by atoms with Gasteiger partial charge in [-0.15, -0.1) is 0 Å². The molecule has 0 aliphatic rings. The number of halogens is 1. The van der Waals surface area contributed by atoms with E-state index in [1.165, 1.54) is 6.07 Å². The number of hydrogen-bond acceptors (Lipinski definition) is 3. The first-order chi connectivity index (χ1) is 13.7. The third kappa shape index (κ3) is 5.05. The van der Waals surface area contributed by atoms with Gasteiger partial charge in [0.15, 0.2) is 0 Å². The lowest BCUT2D eigenvalue weighted by atomic mass is 10.1. The van der Waals surface area contributed by atoms with Crippen LogP contribution in [0.3, 0.4) is 0 Å². The summed E-state index contributed by atoms with van der Waals surface area (Å²) in [4.78, 5) is 12.7. The largest absolute Gasteiger partial charge is 0.322 e. The van der Waals surface area contributed by atoms with E-state index in [2.05, 4.69) is 26.0 Å². The number of aryl methyl sites for hydroxylation is 3. The Balaban J connectivity index is 1.87. The molecule has 0 radical (unpaired) electrons. The zero-order valence-electron chi connectivity index (χ0n) is 16.3. The normalized spacial score (nSPS) is 11.2. The number of sulfonamides is 1. The third-order valence-corrected chi connectivity index (χ3v) is 6.87. The summed E-state index contributed by atoms with van der Waals surface area (Å²) < 4.78 is 29.3. The number of anilines is 2. The average Bonchev–Trinajstić information content (AvgIpc) is 2.66. The Kier molecular flexibility index (Phi) is 6.10. The van der Waals surface area contributed by atoms with E-state index in [0.29, 0.717) is 16.9 Å². The van der Waals surface area contributed by atoms with E-state index in [9.17, 15) is 13.2 Å². The second-order valence-corrected chi connectivity index (χ2v) is 9.38. The smallest absolute Gasteiger partial charge is 0.262 e. The van der Waals surface area contributed by atoms with Gasteiger partial charge in [0, 0.05) is 21.4 Å². The molecule has 0 aliphatic heterocycles. The molecule has 0 fully saturated rings. The van der Waals surface area contributed by atoms with Crippen molar-refractivity contribution >= 4 is 43.2 Å². The summed E-state index contributed by atoms with van der Waals surface area (Å²) in [5.74, 6) is -0.376. The Morgan fingerprint density at radius 2 is 1.48 bits per heavy atom. The molecule has 0 saturated carbocycles. The minimum absolute atomic E-state index is 0.0673. The topological polar surface area (TPSA) is 75.3 Å². The predicted molar refractivity (Wildman–Crippen MR) is 120 cm³/mol. The molecule has 5 nitrogen and oxygen atoms in total. The Morgan fingerprint density at radius 3 is 2.14 bits per heavy atom. The van der Waals surface area contributed by atoms with E-state index in [-0.39, 0.29) is 16.4 Å². The molecule has 0 unspecified atom stereocenters. The van der Waals surface area contributed by atoms with Gasteiger partial charge in [-0.2, -0.15) is 0 Å². The maximum atomic E-state index is 12.9. The molecular weight excluding hydrogens is 452 g/mol. The van der Waals surface area contributed by atoms with Gasteiger partial charge in [0.25, 0.3) is 15.9 Å². The molecule has 0 spiro atoms. The first-order valence-electron chi connectivity index (χ1n) is 8.93. The van der Waals surface area contributed by atoms with Crippen LogP contribution in [-0.4, -0.2) is 14.3 Å². The average molecular weight is 473 g/mol. The van der Waals surface area contributed by atoms with E-state index >= 15 is 0 Å². The standard InChI is InChI=1S/C22H21BrN2O3S/c1-14-4-8-18(9-5-14)25-29(27,28)21-13-17(7-6-15(21)2)22(26)24-19-10-11-20(23)16(3)12-19/h4-13,25H,1-3H3,(H,24,26). The van der Waals surface area contributed by atoms with E-state index < -0.39 is 10.0 Å². The number of carbonyl (C=O) groups excluding carboxylic acids is 1. The fourth-order valence-corrected chi connectivity index (χ4v) is 4.37. The van der Waals surface area contributed by atoms with Gasteiger partial charge >= 0.3 is 0 Å². The molecule has 150 valence electrons. The van der Waals surface area contributed by atoms with E-state index in [1.807, 2.05) is 38.1 Å². The van der Waals surface area contributed by atoms with Crippen molar-refractivity contribution in [1.82, 2.24) is 0 Å². The number of nitrogens with one attached hydrogen (secondary N) is 2. The molecule has 7 heteroatoms. The van der Waals surface area contributed by atoms with Crippen LogP contribution in [-0.2, 0) is 10.0 Å². The highest BCUT2D eigenvalue weighted by Crippen LogP contribution is 2.23. The first kappa shape index (κ1) is 21.1. The molecule has 3 aromatic carbocycles. The molecule has 29 heavy (non-hydrogen) atoms. The highest BCUT2D eigenvalue weighted by atomic mass is 79.9. The molecule has 3 aromatic rings. The Morgan fingerprint density at radius 1 is 0.828 bits per heavy atom. The second-order valence-electron chi connectivity index (χ2n) is 6.87. The Labute approximate surface area is 179 Å². The summed E-state index contributed by atoms with van der Waals surface area (Å²) >= 11 is 3.42. The van der Waals surface area contributed by atoms with E-state index in [0.717, 1.165) is 15.6 Å². The highest BCUT2D eigenvalue weighted by Gasteiger charge is 2.19. The zero-order chi connectivity index (χ0) is 21.2. The van der Waals surface area contributed by atoms with Crippen LogP contribution < -0.4 is 10.0 Å². The number of hydrogen-bond donors (Lipinski definition) is 2. The summed E-state index contributed by atoms with van der Waals surface area (Å²) in [7, 11) is -3.83. The number of benzene rings is 3. The lowest BCUT2D eigenvalue weighted by Crippen LogP contribution is -2.17. The van der Waals surface area contributed by atoms with Gasteiger partial charge in [0.2, 0.25) is 0 Å². The summed E-state index contributed by atoms with van der Waals surface area (Å²) in [6.07, 6.45) is 0. The third-order valence-electron chi connectivity index (χ3n) is 4.46. The molecule has 0 saturated heterocycles. The van der Waals surface area contributed by atoms with Gasteiger partial charge in [0.05, 0.1) is 4.90 Å². The van der Waals surface area contributed by atoms with Crippen LogP contribution in [0.1, 0.15) is 27.0 Å². The molecule has 1 amide bonds. The molecule has 0 heterocycles. The van der Waals surface area contributed by atoms with Crippen LogP contribution >= 0.6 is 15.9 Å². The molecule has 2 N–H and O–H groups in total. The molecule has 0 bridgehead atoms. The van der Waals surface area contributed by atoms with Crippen LogP contribution in [0.15, 0.2) is 70.0 Å². The van der Waals surface area contributed by atoms with Crippen LogP contribution in [0.5, 0.6) is 0 Å². The van der Waals surface area contributed by atoms with Crippen LogP contribution in [0.2, 0.25) is 0 Å². The molecule has 0 atom stereocenters. The van der Waals surface area contributed by atoms with Crippen molar-refractivity contribution in [3.05, 3.63) is 87.4 Å². The van der Waals surface area contributed by atoms with Gasteiger partial charge in [-0.1, -0.05) is 39.7 Å². The SMILES string of the molecule is Cc1ccc(NS(=O)(=O)c2cc(C(=O)Nc3ccc(Br)c(C)c3)ccc2C)cc1. The monoisotopic (exact) mass is 472 g/mol. The first-order valence-corrected chi connectivity index (χ1v) is 11.2. The lowest BCUT2D eigenvalue weighted by molar-refractivity contribution is 0.102. The van der Waals surface area contributed by atoms with E-state index in [1.54, 1.807) is 37.3 Å². The van der Waals surface area contributed by atoms with Crippen LogP contribution in [0, 0.1) is 20.8 Å². The molecule has 3 rings (SSSR count). The number of carbonyl (C=O) groups is 1. The van der Waals surface area contributed by atoms with Crippen LogP contribution in [0.4, 0.5) is 11.4 Å². The van der Waals surface area contributed by atoms with Crippen LogP contribution in [0.25, 0.3) is 0 Å². The highest BCUT2D eigenvalue weighted by molar-refractivity contribution is 9.10. The Hall–Kier alpha value is -2.64. The van der Waals surface area contributed by atoms with Gasteiger partial charge in [-0.25, -0.2) is 8.42 Å². The van der Waals surface area contributed by atoms with Crippen molar-refractivity contribution in [1.29, 1.82) is 0 Å². The fourth-order valence-electron chi connectivity index (χ4n) is 2.79. The maximum Gasteiger partial charge on any atom is 0.262 e. The van der Waals surface area contributed by atoms with E-state index in [4.69, 9.17) is 0 Å². The summed E-state index contributed by atoms with van der Waals surface area (Å²) in [5.41, 5.74) is 3.94. The van der Waals surface area contributed by atoms with Gasteiger partial charge in [-0.05, 0) is 74.4 Å². The second kappa shape index (κ2) is 8.39. The minimum atomic E-state index is -3.83. The molecule has 0 aromatic heterocycles. The number of rotatable bonds is 5. The van der Waals surface area contributed by atoms with Gasteiger partial charge < -0.3 is 5.32 Å². The summed E-state index contributed by atoms with van der Waals surface area (Å²) in [6.45, 7) is 5.55. The summed E-state index contributed by atoms with van der Waals surface area (Å²) in [5, 5.41) is 2.81. The molecular formula is C22H21BrN2O3S. The van der Waals surface area contributed by atoms with Crippen molar-refractivity contribution in [3.63, 3.8) is 0 Å². The minimum Gasteiger partial charge on any atom is -0.322 e. The maximum absolute atomic E-state index is 12.9. The number of amides is 1. The quantitative estimate of drug-likeness (QED) is 0.519. The summed E-state index contributed by atoms with van der Waals surface area (Å²) in [6, 6.07) is 17.2. The zero-order valence-corrected chi connectivity index (χ0v) is 18.7.